The number of hydrogen-bond acceptors (Lipinski definition) is 3. The molecule has 1 N–H and O–H groups in total. The smallest absolute Gasteiger partial charge is 0.226 e. The van der Waals surface area contributed by atoms with Gasteiger partial charge < -0.3 is 10.2 Å². The third kappa shape index (κ3) is 5.06. The molecule has 126 valence electrons. The maximum atomic E-state index is 12.2. The number of halogens is 1. The standard InChI is InChI=1S/C18H20ClN3O2/c1-13-16(19)4-3-5-17(13)21-18(24)8-11-22(14(2)23)12-15-6-9-20-10-7-15/h3-7,9-10H,8,11-12H2,1-2H3,(H,21,24). The summed E-state index contributed by atoms with van der Waals surface area (Å²) in [6, 6.07) is 9.07. The van der Waals surface area contributed by atoms with Crippen LogP contribution in [0, 0.1) is 6.92 Å². The van der Waals surface area contributed by atoms with Gasteiger partial charge in [-0.2, -0.15) is 0 Å². The Morgan fingerprint density at radius 3 is 2.58 bits per heavy atom. The first kappa shape index (κ1) is 17.9. The van der Waals surface area contributed by atoms with E-state index in [4.69, 9.17) is 11.6 Å². The van der Waals surface area contributed by atoms with Crippen molar-refractivity contribution in [3.8, 4) is 0 Å². The summed E-state index contributed by atoms with van der Waals surface area (Å²) in [5.41, 5.74) is 2.50. The highest BCUT2D eigenvalue weighted by Crippen LogP contribution is 2.23. The van der Waals surface area contributed by atoms with Crippen molar-refractivity contribution in [2.45, 2.75) is 26.8 Å². The van der Waals surface area contributed by atoms with Crippen LogP contribution >= 0.6 is 11.6 Å². The molecule has 1 heterocycles. The molecule has 0 radical (unpaired) electrons. The molecule has 0 saturated carbocycles. The van der Waals surface area contributed by atoms with Crippen molar-refractivity contribution < 1.29 is 9.59 Å². The number of carbonyl (C=O) groups is 2. The molecule has 1 aromatic carbocycles. The highest BCUT2D eigenvalue weighted by atomic mass is 35.5. The van der Waals surface area contributed by atoms with Crippen LogP contribution in [0.15, 0.2) is 42.7 Å². The molecule has 0 unspecified atom stereocenters. The number of carbonyl (C=O) groups excluding carboxylic acids is 2. The lowest BCUT2D eigenvalue weighted by Crippen LogP contribution is -2.31. The van der Waals surface area contributed by atoms with Crippen molar-refractivity contribution in [3.63, 3.8) is 0 Å². The van der Waals surface area contributed by atoms with E-state index < -0.39 is 0 Å². The highest BCUT2D eigenvalue weighted by Gasteiger charge is 2.13. The first-order valence-electron chi connectivity index (χ1n) is 7.66. The number of pyridine rings is 1. The number of nitrogens with zero attached hydrogens (tertiary/aromatic N) is 2. The molecule has 6 heteroatoms. The average molecular weight is 346 g/mol. The van der Waals surface area contributed by atoms with Crippen molar-refractivity contribution in [2.75, 3.05) is 11.9 Å². The number of aromatic nitrogens is 1. The Kier molecular flexibility index (Phi) is 6.32. The van der Waals surface area contributed by atoms with Gasteiger partial charge >= 0.3 is 0 Å². The third-order valence-corrected chi connectivity index (χ3v) is 4.13. The molecule has 2 rings (SSSR count). The van der Waals surface area contributed by atoms with Crippen molar-refractivity contribution in [1.29, 1.82) is 0 Å². The molecule has 0 bridgehead atoms. The number of anilines is 1. The number of nitrogens with one attached hydrogen (secondary N) is 1. The summed E-state index contributed by atoms with van der Waals surface area (Å²) in [4.78, 5) is 29.5. The normalized spacial score (nSPS) is 10.3. The number of benzene rings is 1. The summed E-state index contributed by atoms with van der Waals surface area (Å²) in [7, 11) is 0. The van der Waals surface area contributed by atoms with E-state index in [0.717, 1.165) is 11.1 Å². The van der Waals surface area contributed by atoms with Crippen LogP contribution < -0.4 is 5.32 Å². The molecule has 0 saturated heterocycles. The summed E-state index contributed by atoms with van der Waals surface area (Å²) in [6.45, 7) is 4.16. The zero-order chi connectivity index (χ0) is 17.5. The second-order valence-electron chi connectivity index (χ2n) is 5.51. The van der Waals surface area contributed by atoms with Crippen LogP contribution in [0.5, 0.6) is 0 Å². The Labute approximate surface area is 146 Å². The van der Waals surface area contributed by atoms with Crippen LogP contribution in [0.25, 0.3) is 0 Å². The fourth-order valence-corrected chi connectivity index (χ4v) is 2.42. The van der Waals surface area contributed by atoms with Crippen molar-refractivity contribution in [2.24, 2.45) is 0 Å². The molecule has 0 aliphatic rings. The Balaban J connectivity index is 1.93. The van der Waals surface area contributed by atoms with E-state index in [1.54, 1.807) is 35.5 Å². The van der Waals surface area contributed by atoms with E-state index in [0.29, 0.717) is 23.8 Å². The van der Waals surface area contributed by atoms with Gasteiger partial charge in [0.1, 0.15) is 0 Å². The molecule has 0 aliphatic heterocycles. The molecule has 1 aromatic heterocycles. The molecule has 0 atom stereocenters. The lowest BCUT2D eigenvalue weighted by atomic mass is 10.2. The van der Waals surface area contributed by atoms with Crippen molar-refractivity contribution >= 4 is 29.1 Å². The highest BCUT2D eigenvalue weighted by molar-refractivity contribution is 6.31. The third-order valence-electron chi connectivity index (χ3n) is 3.72. The van der Waals surface area contributed by atoms with E-state index in [-0.39, 0.29) is 18.2 Å². The average Bonchev–Trinajstić information content (AvgIpc) is 2.56. The second-order valence-corrected chi connectivity index (χ2v) is 5.91. The zero-order valence-corrected chi connectivity index (χ0v) is 14.5. The van der Waals surface area contributed by atoms with Crippen LogP contribution in [-0.4, -0.2) is 28.2 Å². The first-order chi connectivity index (χ1) is 11.5. The molecule has 2 aromatic rings. The van der Waals surface area contributed by atoms with E-state index in [9.17, 15) is 9.59 Å². The molecule has 2 amide bonds. The Bertz CT molecular complexity index is 719. The fraction of sp³-hybridized carbons (Fsp3) is 0.278. The predicted octanol–water partition coefficient (Wildman–Crippen LogP) is 3.42. The molecular formula is C18H20ClN3O2. The van der Waals surface area contributed by atoms with Crippen LogP contribution in [0.4, 0.5) is 5.69 Å². The van der Waals surface area contributed by atoms with E-state index in [1.165, 1.54) is 6.92 Å². The van der Waals surface area contributed by atoms with E-state index in [1.807, 2.05) is 19.1 Å². The minimum absolute atomic E-state index is 0.0708. The summed E-state index contributed by atoms with van der Waals surface area (Å²) in [5.74, 6) is -0.222. The van der Waals surface area contributed by atoms with Crippen LogP contribution in [0.3, 0.4) is 0 Å². The van der Waals surface area contributed by atoms with Gasteiger partial charge in [0.25, 0.3) is 0 Å². The Morgan fingerprint density at radius 2 is 1.92 bits per heavy atom. The SMILES string of the molecule is CC(=O)N(CCC(=O)Nc1cccc(Cl)c1C)Cc1ccncc1. The van der Waals surface area contributed by atoms with Gasteiger partial charge in [0.2, 0.25) is 11.8 Å². The largest absolute Gasteiger partial charge is 0.338 e. The lowest BCUT2D eigenvalue weighted by molar-refractivity contribution is -0.129. The van der Waals surface area contributed by atoms with Crippen LogP contribution in [0.1, 0.15) is 24.5 Å². The first-order valence-corrected chi connectivity index (χ1v) is 8.04. The molecule has 24 heavy (non-hydrogen) atoms. The van der Waals surface area contributed by atoms with Gasteiger partial charge in [0, 0.05) is 49.5 Å². The maximum absolute atomic E-state index is 12.2. The second kappa shape index (κ2) is 8.45. The van der Waals surface area contributed by atoms with Crippen molar-refractivity contribution in [1.82, 2.24) is 9.88 Å². The summed E-state index contributed by atoms with van der Waals surface area (Å²) >= 11 is 6.05. The number of hydrogen-bond donors (Lipinski definition) is 1. The lowest BCUT2D eigenvalue weighted by Gasteiger charge is -2.21. The number of amides is 2. The fourth-order valence-electron chi connectivity index (χ4n) is 2.25. The van der Waals surface area contributed by atoms with E-state index in [2.05, 4.69) is 10.3 Å². The zero-order valence-electron chi connectivity index (χ0n) is 13.8. The topological polar surface area (TPSA) is 62.3 Å². The maximum Gasteiger partial charge on any atom is 0.226 e. The van der Waals surface area contributed by atoms with Gasteiger partial charge in [-0.25, -0.2) is 0 Å². The summed E-state index contributed by atoms with van der Waals surface area (Å²) in [6.07, 6.45) is 3.58. The molecule has 5 nitrogen and oxygen atoms in total. The Hall–Kier alpha value is -2.40. The minimum Gasteiger partial charge on any atom is -0.338 e. The predicted molar refractivity (Wildman–Crippen MR) is 94.8 cm³/mol. The molecule has 0 aliphatic carbocycles. The van der Waals surface area contributed by atoms with Crippen molar-refractivity contribution in [3.05, 3.63) is 58.9 Å². The van der Waals surface area contributed by atoms with Gasteiger partial charge in [-0.3, -0.25) is 14.6 Å². The Morgan fingerprint density at radius 1 is 1.21 bits per heavy atom. The van der Waals surface area contributed by atoms with Crippen LogP contribution in [0.2, 0.25) is 5.02 Å². The van der Waals surface area contributed by atoms with Gasteiger partial charge in [-0.1, -0.05) is 17.7 Å². The summed E-state index contributed by atoms with van der Waals surface area (Å²) in [5, 5.41) is 3.45. The number of rotatable bonds is 6. The minimum atomic E-state index is -0.152. The van der Waals surface area contributed by atoms with Gasteiger partial charge in [0.15, 0.2) is 0 Å². The molecular weight excluding hydrogens is 326 g/mol. The monoisotopic (exact) mass is 345 g/mol. The van der Waals surface area contributed by atoms with Gasteiger partial charge in [-0.05, 0) is 42.3 Å². The van der Waals surface area contributed by atoms with E-state index >= 15 is 0 Å². The molecule has 0 fully saturated rings. The molecule has 0 spiro atoms. The van der Waals surface area contributed by atoms with Gasteiger partial charge in [-0.15, -0.1) is 0 Å². The summed E-state index contributed by atoms with van der Waals surface area (Å²) < 4.78 is 0. The van der Waals surface area contributed by atoms with Crippen LogP contribution in [-0.2, 0) is 16.1 Å². The van der Waals surface area contributed by atoms with Gasteiger partial charge in [0.05, 0.1) is 0 Å². The quantitative estimate of drug-likeness (QED) is 0.872.